The van der Waals surface area contributed by atoms with E-state index in [2.05, 4.69) is 39.6 Å². The summed E-state index contributed by atoms with van der Waals surface area (Å²) in [6.07, 6.45) is 7.14. The van der Waals surface area contributed by atoms with E-state index in [1.54, 1.807) is 6.20 Å². The lowest BCUT2D eigenvalue weighted by atomic mass is 9.79. The maximum Gasteiger partial charge on any atom is 0.237 e. The summed E-state index contributed by atoms with van der Waals surface area (Å²) >= 11 is 0. The SMILES string of the molecule is O=C1Nc2ncccc2C12Cc1cc3nc(C=Cc4ccccc4)[nH]c3cc1C2. The van der Waals surface area contributed by atoms with E-state index in [1.165, 1.54) is 11.1 Å². The molecular formula is C24H18N4O. The third-order valence-electron chi connectivity index (χ3n) is 6.03. The molecule has 1 unspecified atom stereocenters. The Labute approximate surface area is 167 Å². The summed E-state index contributed by atoms with van der Waals surface area (Å²) in [6.45, 7) is 0. The average Bonchev–Trinajstić information content (AvgIpc) is 3.39. The fourth-order valence-electron chi connectivity index (χ4n) is 4.62. The number of fused-ring (bicyclic) bond motifs is 4. The second kappa shape index (κ2) is 5.88. The molecule has 0 bridgehead atoms. The third kappa shape index (κ3) is 2.44. The van der Waals surface area contributed by atoms with Crippen LogP contribution in [0.4, 0.5) is 5.82 Å². The average molecular weight is 378 g/mol. The number of nitrogens with zero attached hydrogens (tertiary/aromatic N) is 2. The molecular weight excluding hydrogens is 360 g/mol. The molecule has 1 spiro atoms. The number of amides is 1. The highest BCUT2D eigenvalue weighted by atomic mass is 16.2. The summed E-state index contributed by atoms with van der Waals surface area (Å²) in [6, 6.07) is 18.4. The van der Waals surface area contributed by atoms with Gasteiger partial charge < -0.3 is 10.3 Å². The van der Waals surface area contributed by atoms with Crippen LogP contribution in [0, 0.1) is 0 Å². The summed E-state index contributed by atoms with van der Waals surface area (Å²) in [7, 11) is 0. The van der Waals surface area contributed by atoms with E-state index in [1.807, 2.05) is 42.5 Å². The van der Waals surface area contributed by atoms with Crippen molar-refractivity contribution in [3.8, 4) is 0 Å². The summed E-state index contributed by atoms with van der Waals surface area (Å²) in [5, 5.41) is 2.96. The molecule has 4 aromatic rings. The molecule has 1 aliphatic carbocycles. The lowest BCUT2D eigenvalue weighted by Crippen LogP contribution is -2.35. The van der Waals surface area contributed by atoms with Gasteiger partial charge in [-0.1, -0.05) is 42.5 Å². The molecule has 0 fully saturated rings. The van der Waals surface area contributed by atoms with E-state index in [-0.39, 0.29) is 5.91 Å². The number of carbonyl (C=O) groups is 1. The van der Waals surface area contributed by atoms with Gasteiger partial charge in [0.25, 0.3) is 0 Å². The van der Waals surface area contributed by atoms with Crippen molar-refractivity contribution < 1.29 is 4.79 Å². The Balaban J connectivity index is 1.36. The fraction of sp³-hybridized carbons (Fsp3) is 0.125. The van der Waals surface area contributed by atoms with Crippen molar-refractivity contribution in [2.75, 3.05) is 5.32 Å². The molecule has 5 nitrogen and oxygen atoms in total. The zero-order valence-corrected chi connectivity index (χ0v) is 15.6. The minimum Gasteiger partial charge on any atom is -0.338 e. The molecule has 0 radical (unpaired) electrons. The number of H-pyrrole nitrogens is 1. The van der Waals surface area contributed by atoms with Gasteiger partial charge in [0.1, 0.15) is 11.6 Å². The van der Waals surface area contributed by atoms with Gasteiger partial charge in [0.05, 0.1) is 16.4 Å². The lowest BCUT2D eigenvalue weighted by Gasteiger charge is -2.20. The van der Waals surface area contributed by atoms with Crippen LogP contribution in [-0.2, 0) is 23.1 Å². The third-order valence-corrected chi connectivity index (χ3v) is 6.03. The number of imidazole rings is 1. The Morgan fingerprint density at radius 3 is 2.66 bits per heavy atom. The van der Waals surface area contributed by atoms with Crippen molar-refractivity contribution in [1.29, 1.82) is 0 Å². The van der Waals surface area contributed by atoms with Gasteiger partial charge in [-0.25, -0.2) is 9.97 Å². The van der Waals surface area contributed by atoms with Crippen molar-refractivity contribution in [2.45, 2.75) is 18.3 Å². The first-order valence-corrected chi connectivity index (χ1v) is 9.73. The molecule has 6 rings (SSSR count). The first-order chi connectivity index (χ1) is 14.2. The second-order valence-electron chi connectivity index (χ2n) is 7.79. The Hall–Kier alpha value is -3.73. The van der Waals surface area contributed by atoms with Crippen LogP contribution in [0.2, 0.25) is 0 Å². The fourth-order valence-corrected chi connectivity index (χ4v) is 4.62. The van der Waals surface area contributed by atoms with Crippen LogP contribution in [0.5, 0.6) is 0 Å². The molecule has 5 heteroatoms. The number of pyridine rings is 1. The van der Waals surface area contributed by atoms with Gasteiger partial charge in [0, 0.05) is 11.8 Å². The molecule has 2 aromatic heterocycles. The quantitative estimate of drug-likeness (QED) is 0.551. The topological polar surface area (TPSA) is 70.7 Å². The van der Waals surface area contributed by atoms with Crippen LogP contribution in [0.25, 0.3) is 23.2 Å². The molecule has 2 N–H and O–H groups in total. The number of aromatic nitrogens is 3. The summed E-state index contributed by atoms with van der Waals surface area (Å²) in [4.78, 5) is 25.3. The minimum atomic E-state index is -0.541. The standard InChI is InChI=1S/C24H18N4O/c29-23-24(18-7-4-10-25-22(18)28-23)13-16-11-19-20(12-17(16)14-24)27-21(26-19)9-8-15-5-2-1-3-6-15/h1-12H,13-14H2,(H,26,27)(H,25,28,29). The zero-order valence-electron chi connectivity index (χ0n) is 15.6. The molecule has 1 amide bonds. The van der Waals surface area contributed by atoms with E-state index >= 15 is 0 Å². The van der Waals surface area contributed by atoms with Crippen molar-refractivity contribution in [1.82, 2.24) is 15.0 Å². The number of carbonyl (C=O) groups excluding carboxylic acids is 1. The highest BCUT2D eigenvalue weighted by Crippen LogP contribution is 2.47. The Bertz CT molecular complexity index is 1260. The van der Waals surface area contributed by atoms with Crippen LogP contribution in [0.3, 0.4) is 0 Å². The first-order valence-electron chi connectivity index (χ1n) is 9.73. The van der Waals surface area contributed by atoms with E-state index in [4.69, 9.17) is 4.98 Å². The number of aromatic amines is 1. The zero-order chi connectivity index (χ0) is 19.4. The summed E-state index contributed by atoms with van der Waals surface area (Å²) < 4.78 is 0. The second-order valence-corrected chi connectivity index (χ2v) is 7.79. The summed E-state index contributed by atoms with van der Waals surface area (Å²) in [5.41, 5.74) is 5.92. The number of nitrogens with one attached hydrogen (secondary N) is 2. The van der Waals surface area contributed by atoms with Gasteiger partial charge in [-0.3, -0.25) is 4.79 Å². The normalized spacial score (nSPS) is 16.5. The number of hydrogen-bond acceptors (Lipinski definition) is 3. The maximum atomic E-state index is 12.8. The molecule has 0 saturated heterocycles. The number of benzene rings is 2. The summed E-state index contributed by atoms with van der Waals surface area (Å²) in [5.74, 6) is 1.57. The first kappa shape index (κ1) is 16.2. The van der Waals surface area contributed by atoms with E-state index in [9.17, 15) is 4.79 Å². The maximum absolute atomic E-state index is 12.8. The molecule has 2 aromatic carbocycles. The van der Waals surface area contributed by atoms with Crippen LogP contribution in [0.15, 0.2) is 60.8 Å². The van der Waals surface area contributed by atoms with Gasteiger partial charge in [0.2, 0.25) is 5.91 Å². The smallest absolute Gasteiger partial charge is 0.237 e. The van der Waals surface area contributed by atoms with Gasteiger partial charge in [0.15, 0.2) is 0 Å². The highest BCUT2D eigenvalue weighted by molar-refractivity contribution is 6.06. The van der Waals surface area contributed by atoms with Crippen LogP contribution < -0.4 is 5.32 Å². The minimum absolute atomic E-state index is 0.0468. The van der Waals surface area contributed by atoms with Gasteiger partial charge in [-0.05, 0) is 53.8 Å². The highest BCUT2D eigenvalue weighted by Gasteiger charge is 2.51. The van der Waals surface area contributed by atoms with E-state index in [0.717, 1.165) is 28.0 Å². The van der Waals surface area contributed by atoms with Gasteiger partial charge >= 0.3 is 0 Å². The number of hydrogen-bond donors (Lipinski definition) is 2. The van der Waals surface area contributed by atoms with Crippen LogP contribution >= 0.6 is 0 Å². The molecule has 1 atom stereocenters. The van der Waals surface area contributed by atoms with E-state index < -0.39 is 5.41 Å². The van der Waals surface area contributed by atoms with Crippen molar-refractivity contribution in [2.24, 2.45) is 0 Å². The molecule has 3 heterocycles. The monoisotopic (exact) mass is 378 g/mol. The number of anilines is 1. The van der Waals surface area contributed by atoms with Crippen molar-refractivity contribution in [3.05, 3.63) is 88.9 Å². The predicted molar refractivity (Wildman–Crippen MR) is 113 cm³/mol. The van der Waals surface area contributed by atoms with Gasteiger partial charge in [-0.15, -0.1) is 0 Å². The number of rotatable bonds is 2. The molecule has 29 heavy (non-hydrogen) atoms. The Kier molecular flexibility index (Phi) is 3.29. The largest absolute Gasteiger partial charge is 0.338 e. The molecule has 140 valence electrons. The Morgan fingerprint density at radius 2 is 1.79 bits per heavy atom. The van der Waals surface area contributed by atoms with Crippen LogP contribution in [-0.4, -0.2) is 20.9 Å². The molecule has 0 saturated carbocycles. The van der Waals surface area contributed by atoms with Crippen LogP contribution in [0.1, 0.15) is 28.1 Å². The van der Waals surface area contributed by atoms with Crippen molar-refractivity contribution >= 4 is 34.9 Å². The van der Waals surface area contributed by atoms with E-state index in [0.29, 0.717) is 18.7 Å². The lowest BCUT2D eigenvalue weighted by molar-refractivity contribution is -0.120. The molecule has 2 aliphatic rings. The predicted octanol–water partition coefficient (Wildman–Crippen LogP) is 4.12. The Morgan fingerprint density at radius 1 is 0.966 bits per heavy atom. The van der Waals surface area contributed by atoms with Gasteiger partial charge in [-0.2, -0.15) is 0 Å². The molecule has 1 aliphatic heterocycles. The van der Waals surface area contributed by atoms with Crippen molar-refractivity contribution in [3.63, 3.8) is 0 Å².